The van der Waals surface area contributed by atoms with E-state index in [-0.39, 0.29) is 0 Å². The Bertz CT molecular complexity index is 525. The summed E-state index contributed by atoms with van der Waals surface area (Å²) in [6, 6.07) is 10.9. The monoisotopic (exact) mass is 264 g/mol. The molecular weight excluding hydrogens is 256 g/mol. The van der Waals surface area contributed by atoms with Crippen LogP contribution in [0.15, 0.2) is 52.5 Å². The van der Waals surface area contributed by atoms with E-state index < -0.39 is 5.91 Å². The van der Waals surface area contributed by atoms with Crippen molar-refractivity contribution >= 4 is 29.3 Å². The van der Waals surface area contributed by atoms with Crippen LogP contribution in [0.2, 0.25) is 5.02 Å². The predicted molar refractivity (Wildman–Crippen MR) is 68.3 cm³/mol. The van der Waals surface area contributed by atoms with Gasteiger partial charge in [-0.3, -0.25) is 4.79 Å². The van der Waals surface area contributed by atoms with Crippen molar-refractivity contribution in [1.82, 2.24) is 4.98 Å². The van der Waals surface area contributed by atoms with Crippen LogP contribution < -0.4 is 5.73 Å². The number of halogens is 1. The van der Waals surface area contributed by atoms with Crippen molar-refractivity contribution in [3.8, 4) is 0 Å². The van der Waals surface area contributed by atoms with Crippen LogP contribution in [0, 0.1) is 0 Å². The summed E-state index contributed by atoms with van der Waals surface area (Å²) in [6.07, 6.45) is 1.47. The number of amides is 1. The molecule has 0 fully saturated rings. The second-order valence-corrected chi connectivity index (χ2v) is 4.84. The summed E-state index contributed by atoms with van der Waals surface area (Å²) in [4.78, 5) is 16.1. The Morgan fingerprint density at radius 1 is 1.18 bits per heavy atom. The van der Waals surface area contributed by atoms with Crippen LogP contribution >= 0.6 is 23.4 Å². The molecule has 0 atom stereocenters. The molecule has 0 spiro atoms. The maximum Gasteiger partial charge on any atom is 0.250 e. The average Bonchev–Trinajstić information content (AvgIpc) is 2.33. The number of carbonyl (C=O) groups is 1. The molecule has 0 aliphatic carbocycles. The van der Waals surface area contributed by atoms with Gasteiger partial charge in [-0.15, -0.1) is 0 Å². The average molecular weight is 265 g/mol. The molecule has 86 valence electrons. The van der Waals surface area contributed by atoms with E-state index in [1.54, 1.807) is 12.1 Å². The quantitative estimate of drug-likeness (QED) is 0.927. The van der Waals surface area contributed by atoms with E-state index in [9.17, 15) is 4.79 Å². The second kappa shape index (κ2) is 5.21. The highest BCUT2D eigenvalue weighted by Gasteiger charge is 2.02. The summed E-state index contributed by atoms with van der Waals surface area (Å²) in [5.41, 5.74) is 5.54. The van der Waals surface area contributed by atoms with Crippen LogP contribution in [0.4, 0.5) is 0 Å². The van der Waals surface area contributed by atoms with Crippen molar-refractivity contribution < 1.29 is 4.79 Å². The number of benzene rings is 1. The smallest absolute Gasteiger partial charge is 0.250 e. The number of primary amides is 1. The second-order valence-electron chi connectivity index (χ2n) is 3.31. The molecule has 2 N–H and O–H groups in total. The predicted octanol–water partition coefficient (Wildman–Crippen LogP) is 2.99. The van der Waals surface area contributed by atoms with E-state index in [0.717, 1.165) is 9.92 Å². The van der Waals surface area contributed by atoms with E-state index in [4.69, 9.17) is 17.3 Å². The maximum absolute atomic E-state index is 10.9. The summed E-state index contributed by atoms with van der Waals surface area (Å²) in [5, 5.41) is 1.50. The highest BCUT2D eigenvalue weighted by atomic mass is 35.5. The van der Waals surface area contributed by atoms with Gasteiger partial charge in [0.2, 0.25) is 5.91 Å². The van der Waals surface area contributed by atoms with Crippen LogP contribution in [-0.4, -0.2) is 10.9 Å². The Labute approximate surface area is 108 Å². The lowest BCUT2D eigenvalue weighted by molar-refractivity contribution is 0.1000. The molecule has 17 heavy (non-hydrogen) atoms. The number of pyridine rings is 1. The molecule has 0 bridgehead atoms. The van der Waals surface area contributed by atoms with Crippen LogP contribution in [0.25, 0.3) is 0 Å². The third-order valence-electron chi connectivity index (χ3n) is 2.06. The Balaban J connectivity index is 2.13. The largest absolute Gasteiger partial charge is 0.366 e. The fourth-order valence-corrected chi connectivity index (χ4v) is 2.09. The van der Waals surface area contributed by atoms with Crippen molar-refractivity contribution in [2.45, 2.75) is 9.92 Å². The summed E-state index contributed by atoms with van der Waals surface area (Å²) in [5.74, 6) is -0.472. The fourth-order valence-electron chi connectivity index (χ4n) is 1.21. The van der Waals surface area contributed by atoms with Crippen molar-refractivity contribution in [2.24, 2.45) is 5.73 Å². The number of hydrogen-bond donors (Lipinski definition) is 1. The number of nitrogens with two attached hydrogens (primary N) is 1. The van der Waals surface area contributed by atoms with Gasteiger partial charge in [0.05, 0.1) is 5.56 Å². The minimum atomic E-state index is -0.472. The molecule has 1 aromatic heterocycles. The molecule has 1 heterocycles. The van der Waals surface area contributed by atoms with Crippen LogP contribution in [0.3, 0.4) is 0 Å². The highest BCUT2D eigenvalue weighted by molar-refractivity contribution is 7.99. The third-order valence-corrected chi connectivity index (χ3v) is 3.27. The molecule has 2 rings (SSSR count). The summed E-state index contributed by atoms with van der Waals surface area (Å²) in [6.45, 7) is 0. The third kappa shape index (κ3) is 3.22. The van der Waals surface area contributed by atoms with Crippen molar-refractivity contribution in [3.05, 3.63) is 53.2 Å². The first-order valence-corrected chi connectivity index (χ1v) is 6.04. The van der Waals surface area contributed by atoms with E-state index in [1.165, 1.54) is 18.0 Å². The highest BCUT2D eigenvalue weighted by Crippen LogP contribution is 2.26. The Morgan fingerprint density at radius 3 is 2.41 bits per heavy atom. The lowest BCUT2D eigenvalue weighted by Crippen LogP contribution is -2.10. The number of carbonyl (C=O) groups excluding carboxylic acids is 1. The van der Waals surface area contributed by atoms with E-state index in [0.29, 0.717) is 10.6 Å². The van der Waals surface area contributed by atoms with Gasteiger partial charge >= 0.3 is 0 Å². The number of rotatable bonds is 3. The van der Waals surface area contributed by atoms with Crippen LogP contribution in [0.5, 0.6) is 0 Å². The maximum atomic E-state index is 10.9. The van der Waals surface area contributed by atoms with Crippen LogP contribution in [0.1, 0.15) is 10.4 Å². The summed E-state index contributed by atoms with van der Waals surface area (Å²) < 4.78 is 0. The topological polar surface area (TPSA) is 56.0 Å². The van der Waals surface area contributed by atoms with Gasteiger partial charge < -0.3 is 5.73 Å². The first-order chi connectivity index (χ1) is 8.15. The summed E-state index contributed by atoms with van der Waals surface area (Å²) >= 11 is 7.29. The Morgan fingerprint density at radius 2 is 1.88 bits per heavy atom. The lowest BCUT2D eigenvalue weighted by atomic mass is 10.3. The zero-order chi connectivity index (χ0) is 12.3. The molecule has 0 radical (unpaired) electrons. The molecule has 1 aromatic carbocycles. The molecule has 0 saturated heterocycles. The molecule has 0 aliphatic heterocycles. The first-order valence-electron chi connectivity index (χ1n) is 4.84. The molecule has 0 saturated carbocycles. The molecule has 0 unspecified atom stereocenters. The summed E-state index contributed by atoms with van der Waals surface area (Å²) in [7, 11) is 0. The van der Waals surface area contributed by atoms with Crippen LogP contribution in [-0.2, 0) is 0 Å². The molecule has 3 nitrogen and oxygen atoms in total. The minimum Gasteiger partial charge on any atom is -0.366 e. The van der Waals surface area contributed by atoms with Gasteiger partial charge in [-0.2, -0.15) is 0 Å². The molecule has 0 aliphatic rings. The Hall–Kier alpha value is -1.52. The first kappa shape index (κ1) is 12.0. The fraction of sp³-hybridized carbons (Fsp3) is 0. The number of aromatic nitrogens is 1. The van der Waals surface area contributed by atoms with Gasteiger partial charge in [0.25, 0.3) is 0 Å². The molecule has 1 amide bonds. The van der Waals surface area contributed by atoms with E-state index in [2.05, 4.69) is 4.98 Å². The van der Waals surface area contributed by atoms with Gasteiger partial charge in [0.1, 0.15) is 5.03 Å². The number of hydrogen-bond acceptors (Lipinski definition) is 3. The van der Waals surface area contributed by atoms with Gasteiger partial charge in [-0.05, 0) is 36.4 Å². The van der Waals surface area contributed by atoms with Crippen molar-refractivity contribution in [1.29, 1.82) is 0 Å². The Kier molecular flexibility index (Phi) is 3.66. The van der Waals surface area contributed by atoms with Gasteiger partial charge in [0, 0.05) is 16.1 Å². The zero-order valence-corrected chi connectivity index (χ0v) is 10.3. The normalized spacial score (nSPS) is 10.2. The van der Waals surface area contributed by atoms with Gasteiger partial charge in [-0.25, -0.2) is 4.98 Å². The molecule has 2 aromatic rings. The SMILES string of the molecule is NC(=O)c1ccc(Sc2ccc(Cl)cc2)nc1. The van der Waals surface area contributed by atoms with Gasteiger partial charge in [-0.1, -0.05) is 23.4 Å². The lowest BCUT2D eigenvalue weighted by Gasteiger charge is -2.01. The van der Waals surface area contributed by atoms with E-state index >= 15 is 0 Å². The van der Waals surface area contributed by atoms with Gasteiger partial charge in [0.15, 0.2) is 0 Å². The minimum absolute atomic E-state index is 0.408. The zero-order valence-electron chi connectivity index (χ0n) is 8.76. The van der Waals surface area contributed by atoms with Crippen molar-refractivity contribution in [3.63, 3.8) is 0 Å². The standard InChI is InChI=1S/C12H9ClN2OS/c13-9-2-4-10(5-3-9)17-11-6-1-8(7-15-11)12(14)16/h1-7H,(H2,14,16). The number of nitrogens with zero attached hydrogens (tertiary/aromatic N) is 1. The van der Waals surface area contributed by atoms with Crippen molar-refractivity contribution in [2.75, 3.05) is 0 Å². The molecule has 5 heteroatoms. The van der Waals surface area contributed by atoms with E-state index in [1.807, 2.05) is 24.3 Å². The molecular formula is C12H9ClN2OS.